The van der Waals surface area contributed by atoms with Gasteiger partial charge >= 0.3 is 0 Å². The summed E-state index contributed by atoms with van der Waals surface area (Å²) in [6.45, 7) is 0.707. The van der Waals surface area contributed by atoms with Gasteiger partial charge in [-0.05, 0) is 17.2 Å². The zero-order valence-corrected chi connectivity index (χ0v) is 8.14. The molecule has 1 aliphatic heterocycles. The first kappa shape index (κ1) is 8.57. The van der Waals surface area contributed by atoms with Crippen LogP contribution in [0.1, 0.15) is 21.5 Å². The molecule has 3 heteroatoms. The van der Waals surface area contributed by atoms with Gasteiger partial charge in [-0.1, -0.05) is 12.1 Å². The number of hydrogen-bond donors (Lipinski definition) is 0. The van der Waals surface area contributed by atoms with E-state index >= 15 is 0 Å². The molecular formula is C10H10ClNO. The number of carbonyl (C=O) groups excluding carboxylic acids is 1. The number of amides is 1. The third kappa shape index (κ3) is 1.31. The molecule has 0 fully saturated rings. The van der Waals surface area contributed by atoms with Crippen LogP contribution in [0, 0.1) is 0 Å². The quantitative estimate of drug-likeness (QED) is 0.628. The van der Waals surface area contributed by atoms with E-state index in [4.69, 9.17) is 11.6 Å². The van der Waals surface area contributed by atoms with Crippen molar-refractivity contribution in [2.45, 2.75) is 12.4 Å². The van der Waals surface area contributed by atoms with E-state index in [9.17, 15) is 4.79 Å². The zero-order chi connectivity index (χ0) is 9.42. The highest BCUT2D eigenvalue weighted by Crippen LogP contribution is 2.22. The van der Waals surface area contributed by atoms with Crippen molar-refractivity contribution in [1.82, 2.24) is 4.90 Å². The van der Waals surface area contributed by atoms with Gasteiger partial charge in [-0.25, -0.2) is 0 Å². The van der Waals surface area contributed by atoms with E-state index < -0.39 is 0 Å². The Hall–Kier alpha value is -1.02. The maximum atomic E-state index is 11.5. The first-order valence-corrected chi connectivity index (χ1v) is 4.69. The van der Waals surface area contributed by atoms with Gasteiger partial charge in [0.15, 0.2) is 0 Å². The first-order valence-electron chi connectivity index (χ1n) is 4.15. The SMILES string of the molecule is CN1Cc2cc(CCl)ccc2C1=O. The number of alkyl halides is 1. The Balaban J connectivity index is 2.46. The molecule has 2 rings (SSSR count). The first-order chi connectivity index (χ1) is 6.22. The van der Waals surface area contributed by atoms with E-state index in [-0.39, 0.29) is 5.91 Å². The van der Waals surface area contributed by atoms with E-state index in [2.05, 4.69) is 0 Å². The summed E-state index contributed by atoms with van der Waals surface area (Å²) in [4.78, 5) is 13.2. The van der Waals surface area contributed by atoms with Gasteiger partial charge in [0.25, 0.3) is 5.91 Å². The average molecular weight is 196 g/mol. The summed E-state index contributed by atoms with van der Waals surface area (Å²) in [5.74, 6) is 0.613. The molecule has 0 atom stereocenters. The molecular weight excluding hydrogens is 186 g/mol. The van der Waals surface area contributed by atoms with Crippen LogP contribution in [0.2, 0.25) is 0 Å². The van der Waals surface area contributed by atoms with Crippen LogP contribution in [-0.4, -0.2) is 17.9 Å². The fourth-order valence-corrected chi connectivity index (χ4v) is 1.77. The van der Waals surface area contributed by atoms with E-state index in [0.717, 1.165) is 16.7 Å². The molecule has 1 amide bonds. The number of fused-ring (bicyclic) bond motifs is 1. The lowest BCUT2D eigenvalue weighted by molar-refractivity contribution is 0.0816. The van der Waals surface area contributed by atoms with Crippen molar-refractivity contribution in [1.29, 1.82) is 0 Å². The van der Waals surface area contributed by atoms with Gasteiger partial charge in [-0.2, -0.15) is 0 Å². The monoisotopic (exact) mass is 195 g/mol. The zero-order valence-electron chi connectivity index (χ0n) is 7.38. The minimum Gasteiger partial charge on any atom is -0.337 e. The minimum atomic E-state index is 0.108. The second-order valence-electron chi connectivity index (χ2n) is 3.29. The molecule has 1 aromatic rings. The number of benzene rings is 1. The Bertz CT molecular complexity index is 362. The Morgan fingerprint density at radius 3 is 3.00 bits per heavy atom. The fraction of sp³-hybridized carbons (Fsp3) is 0.300. The van der Waals surface area contributed by atoms with Gasteiger partial charge in [-0.15, -0.1) is 11.6 Å². The van der Waals surface area contributed by atoms with Gasteiger partial charge in [0.2, 0.25) is 0 Å². The van der Waals surface area contributed by atoms with Crippen molar-refractivity contribution in [2.75, 3.05) is 7.05 Å². The summed E-state index contributed by atoms with van der Waals surface area (Å²) < 4.78 is 0. The van der Waals surface area contributed by atoms with E-state index in [0.29, 0.717) is 12.4 Å². The third-order valence-corrected chi connectivity index (χ3v) is 2.62. The summed E-state index contributed by atoms with van der Waals surface area (Å²) in [6, 6.07) is 5.77. The van der Waals surface area contributed by atoms with Crippen molar-refractivity contribution in [3.63, 3.8) is 0 Å². The van der Waals surface area contributed by atoms with Crippen LogP contribution < -0.4 is 0 Å². The van der Waals surface area contributed by atoms with Gasteiger partial charge in [-0.3, -0.25) is 4.79 Å². The Labute approximate surface area is 82.1 Å². The number of halogens is 1. The maximum Gasteiger partial charge on any atom is 0.254 e. The Morgan fingerprint density at radius 2 is 2.31 bits per heavy atom. The molecule has 2 nitrogen and oxygen atoms in total. The third-order valence-electron chi connectivity index (χ3n) is 2.31. The lowest BCUT2D eigenvalue weighted by Gasteiger charge is -2.04. The molecule has 0 bridgehead atoms. The normalized spacial score (nSPS) is 14.9. The highest BCUT2D eigenvalue weighted by molar-refractivity contribution is 6.17. The predicted molar refractivity (Wildman–Crippen MR) is 51.8 cm³/mol. The highest BCUT2D eigenvalue weighted by Gasteiger charge is 2.23. The summed E-state index contributed by atoms with van der Waals surface area (Å²) in [5.41, 5.74) is 2.98. The van der Waals surface area contributed by atoms with Crippen molar-refractivity contribution >= 4 is 17.5 Å². The lowest BCUT2D eigenvalue weighted by atomic mass is 10.1. The number of carbonyl (C=O) groups is 1. The Kier molecular flexibility index (Phi) is 2.00. The minimum absolute atomic E-state index is 0.108. The van der Waals surface area contributed by atoms with Crippen LogP contribution in [0.3, 0.4) is 0 Å². The second kappa shape index (κ2) is 3.04. The molecule has 1 aliphatic rings. The second-order valence-corrected chi connectivity index (χ2v) is 3.55. The van der Waals surface area contributed by atoms with Gasteiger partial charge in [0.05, 0.1) is 0 Å². The molecule has 0 aliphatic carbocycles. The molecule has 1 aromatic carbocycles. The van der Waals surface area contributed by atoms with Gasteiger partial charge in [0, 0.05) is 25.0 Å². The molecule has 0 saturated heterocycles. The molecule has 68 valence electrons. The molecule has 0 aromatic heterocycles. The number of hydrogen-bond acceptors (Lipinski definition) is 1. The standard InChI is InChI=1S/C10H10ClNO/c1-12-6-8-4-7(5-11)2-3-9(8)10(12)13/h2-4H,5-6H2,1H3. The van der Waals surface area contributed by atoms with Crippen molar-refractivity contribution in [3.05, 3.63) is 34.9 Å². The molecule has 1 heterocycles. The lowest BCUT2D eigenvalue weighted by Crippen LogP contribution is -2.17. The van der Waals surface area contributed by atoms with Crippen molar-refractivity contribution < 1.29 is 4.79 Å². The van der Waals surface area contributed by atoms with Crippen LogP contribution >= 0.6 is 11.6 Å². The smallest absolute Gasteiger partial charge is 0.254 e. The van der Waals surface area contributed by atoms with Crippen LogP contribution in [-0.2, 0) is 12.4 Å². The molecule has 0 spiro atoms. The van der Waals surface area contributed by atoms with Crippen LogP contribution in [0.15, 0.2) is 18.2 Å². The molecule has 0 radical (unpaired) electrons. The maximum absolute atomic E-state index is 11.5. The molecule has 0 N–H and O–H groups in total. The summed E-state index contributed by atoms with van der Waals surface area (Å²) in [5, 5.41) is 0. The van der Waals surface area contributed by atoms with Crippen LogP contribution in [0.5, 0.6) is 0 Å². The fourth-order valence-electron chi connectivity index (χ4n) is 1.60. The highest BCUT2D eigenvalue weighted by atomic mass is 35.5. The number of rotatable bonds is 1. The van der Waals surface area contributed by atoms with Crippen LogP contribution in [0.4, 0.5) is 0 Å². The van der Waals surface area contributed by atoms with Gasteiger partial charge < -0.3 is 4.90 Å². The van der Waals surface area contributed by atoms with E-state index in [1.807, 2.05) is 25.2 Å². The molecule has 0 saturated carbocycles. The van der Waals surface area contributed by atoms with Crippen molar-refractivity contribution in [3.8, 4) is 0 Å². The summed E-state index contributed by atoms with van der Waals surface area (Å²) >= 11 is 5.70. The summed E-state index contributed by atoms with van der Waals surface area (Å²) in [7, 11) is 1.81. The average Bonchev–Trinajstić information content (AvgIpc) is 2.42. The van der Waals surface area contributed by atoms with Crippen LogP contribution in [0.25, 0.3) is 0 Å². The van der Waals surface area contributed by atoms with Gasteiger partial charge in [0.1, 0.15) is 0 Å². The van der Waals surface area contributed by atoms with Crippen molar-refractivity contribution in [2.24, 2.45) is 0 Å². The molecule has 13 heavy (non-hydrogen) atoms. The summed E-state index contributed by atoms with van der Waals surface area (Å²) in [6.07, 6.45) is 0. The number of nitrogens with zero attached hydrogens (tertiary/aromatic N) is 1. The Morgan fingerprint density at radius 1 is 1.54 bits per heavy atom. The molecule has 0 unspecified atom stereocenters. The largest absolute Gasteiger partial charge is 0.337 e. The van der Waals surface area contributed by atoms with E-state index in [1.165, 1.54) is 0 Å². The van der Waals surface area contributed by atoms with E-state index in [1.54, 1.807) is 4.90 Å². The predicted octanol–water partition coefficient (Wildman–Crippen LogP) is 2.01. The topological polar surface area (TPSA) is 20.3 Å².